The van der Waals surface area contributed by atoms with Gasteiger partial charge < -0.3 is 9.47 Å². The number of ketones is 3. The van der Waals surface area contributed by atoms with E-state index in [1.807, 2.05) is 30.3 Å². The summed E-state index contributed by atoms with van der Waals surface area (Å²) in [5, 5.41) is 0. The molecule has 0 spiro atoms. The Labute approximate surface area is 218 Å². The zero-order chi connectivity index (χ0) is 26.5. The SMILES string of the molecule is COCC(=O)[C@@]1(OC(C)=O)CC[C@H]2[C@@H]3CCC4=CC(=O)CCC4=C3[C@@H](c3ccc(C(C)=O)cc3)C[C@@]21C. The fraction of sp³-hybridized carbons (Fsp3) is 0.548. The van der Waals surface area contributed by atoms with Crippen LogP contribution in [-0.4, -0.2) is 42.6 Å². The number of carbonyl (C=O) groups excluding carboxylic acids is 4. The number of hydrogen-bond acceptors (Lipinski definition) is 6. The van der Waals surface area contributed by atoms with Crippen LogP contribution in [0.5, 0.6) is 0 Å². The third kappa shape index (κ3) is 4.04. The number of carbonyl (C=O) groups is 4. The van der Waals surface area contributed by atoms with Gasteiger partial charge in [0.2, 0.25) is 5.78 Å². The molecule has 6 heteroatoms. The molecule has 2 saturated carbocycles. The zero-order valence-electron chi connectivity index (χ0n) is 22.2. The first-order valence-corrected chi connectivity index (χ1v) is 13.4. The lowest BCUT2D eigenvalue weighted by Gasteiger charge is -2.55. The number of Topliss-reactive ketones (excluding diaryl/α,β-unsaturated/α-hetero) is 2. The van der Waals surface area contributed by atoms with E-state index in [2.05, 4.69) is 6.92 Å². The molecule has 5 atom stereocenters. The molecule has 4 aliphatic carbocycles. The fourth-order valence-electron chi connectivity index (χ4n) is 8.07. The average Bonchev–Trinajstić information content (AvgIpc) is 3.15. The molecule has 0 aromatic heterocycles. The number of ether oxygens (including phenoxy) is 2. The zero-order valence-corrected chi connectivity index (χ0v) is 22.2. The van der Waals surface area contributed by atoms with E-state index in [4.69, 9.17) is 9.47 Å². The topological polar surface area (TPSA) is 86.7 Å². The Morgan fingerprint density at radius 3 is 2.41 bits per heavy atom. The molecule has 0 amide bonds. The van der Waals surface area contributed by atoms with E-state index in [1.54, 1.807) is 6.92 Å². The molecular weight excluding hydrogens is 468 g/mol. The minimum absolute atomic E-state index is 0.00235. The van der Waals surface area contributed by atoms with Gasteiger partial charge in [0, 0.05) is 37.4 Å². The number of allylic oxidation sites excluding steroid dienone is 4. The van der Waals surface area contributed by atoms with Crippen LogP contribution in [0.1, 0.15) is 87.6 Å². The predicted molar refractivity (Wildman–Crippen MR) is 138 cm³/mol. The molecule has 196 valence electrons. The molecule has 0 aliphatic heterocycles. The van der Waals surface area contributed by atoms with Crippen molar-refractivity contribution in [2.24, 2.45) is 17.3 Å². The highest BCUT2D eigenvalue weighted by Crippen LogP contribution is 2.67. The lowest BCUT2D eigenvalue weighted by molar-refractivity contribution is -0.185. The van der Waals surface area contributed by atoms with Crippen molar-refractivity contribution in [2.75, 3.05) is 13.7 Å². The summed E-state index contributed by atoms with van der Waals surface area (Å²) < 4.78 is 11.3. The highest BCUT2D eigenvalue weighted by atomic mass is 16.6. The third-order valence-corrected chi connectivity index (χ3v) is 9.62. The van der Waals surface area contributed by atoms with E-state index in [1.165, 1.54) is 25.2 Å². The monoisotopic (exact) mass is 504 g/mol. The quantitative estimate of drug-likeness (QED) is 0.386. The molecule has 0 N–H and O–H groups in total. The molecule has 2 fully saturated rings. The summed E-state index contributed by atoms with van der Waals surface area (Å²) in [7, 11) is 1.50. The second-order valence-electron chi connectivity index (χ2n) is 11.5. The van der Waals surface area contributed by atoms with Crippen LogP contribution in [0.4, 0.5) is 0 Å². The molecular formula is C31H36O6. The van der Waals surface area contributed by atoms with Crippen molar-refractivity contribution in [3.8, 4) is 0 Å². The van der Waals surface area contributed by atoms with Gasteiger partial charge in [-0.2, -0.15) is 0 Å². The Kier molecular flexibility index (Phi) is 6.59. The second-order valence-corrected chi connectivity index (χ2v) is 11.5. The average molecular weight is 505 g/mol. The maximum Gasteiger partial charge on any atom is 0.303 e. The van der Waals surface area contributed by atoms with Gasteiger partial charge in [-0.15, -0.1) is 0 Å². The summed E-state index contributed by atoms with van der Waals surface area (Å²) in [4.78, 5) is 50.3. The summed E-state index contributed by atoms with van der Waals surface area (Å²) >= 11 is 0. The molecule has 4 aliphatic rings. The Bertz CT molecular complexity index is 1220. The van der Waals surface area contributed by atoms with Crippen molar-refractivity contribution in [1.82, 2.24) is 0 Å². The van der Waals surface area contributed by atoms with Crippen LogP contribution in [0.25, 0.3) is 0 Å². The highest BCUT2D eigenvalue weighted by Gasteiger charge is 2.68. The van der Waals surface area contributed by atoms with Gasteiger partial charge in [-0.05, 0) is 80.1 Å². The van der Waals surface area contributed by atoms with Crippen molar-refractivity contribution in [2.45, 2.75) is 77.2 Å². The van der Waals surface area contributed by atoms with Gasteiger partial charge in [0.15, 0.2) is 17.2 Å². The van der Waals surface area contributed by atoms with Crippen LogP contribution in [0.3, 0.4) is 0 Å². The molecule has 0 unspecified atom stereocenters. The molecule has 1 aromatic carbocycles. The molecule has 1 aromatic rings. The largest absolute Gasteiger partial charge is 0.451 e. The third-order valence-electron chi connectivity index (χ3n) is 9.62. The molecule has 37 heavy (non-hydrogen) atoms. The van der Waals surface area contributed by atoms with Gasteiger partial charge in [0.25, 0.3) is 0 Å². The van der Waals surface area contributed by atoms with Crippen molar-refractivity contribution in [1.29, 1.82) is 0 Å². The van der Waals surface area contributed by atoms with Crippen molar-refractivity contribution >= 4 is 23.3 Å². The minimum atomic E-state index is -1.23. The van der Waals surface area contributed by atoms with Crippen LogP contribution < -0.4 is 0 Å². The first kappa shape index (κ1) is 25.8. The van der Waals surface area contributed by atoms with E-state index in [0.717, 1.165) is 36.8 Å². The first-order chi connectivity index (χ1) is 17.6. The van der Waals surface area contributed by atoms with Gasteiger partial charge in [-0.25, -0.2) is 0 Å². The maximum atomic E-state index is 13.7. The van der Waals surface area contributed by atoms with E-state index in [9.17, 15) is 19.2 Å². The van der Waals surface area contributed by atoms with Crippen molar-refractivity contribution < 1.29 is 28.7 Å². The molecule has 6 nitrogen and oxygen atoms in total. The van der Waals surface area contributed by atoms with Gasteiger partial charge >= 0.3 is 5.97 Å². The van der Waals surface area contributed by atoms with Gasteiger partial charge in [-0.3, -0.25) is 19.2 Å². The molecule has 0 radical (unpaired) electrons. The lowest BCUT2D eigenvalue weighted by atomic mass is 9.50. The first-order valence-electron chi connectivity index (χ1n) is 13.4. The summed E-state index contributed by atoms with van der Waals surface area (Å²) in [6, 6.07) is 7.81. The van der Waals surface area contributed by atoms with Crippen molar-refractivity contribution in [3.63, 3.8) is 0 Å². The number of hydrogen-bond donors (Lipinski definition) is 0. The lowest BCUT2D eigenvalue weighted by Crippen LogP contribution is -2.58. The summed E-state index contributed by atoms with van der Waals surface area (Å²) in [6.07, 6.45) is 6.82. The minimum Gasteiger partial charge on any atom is -0.451 e. The van der Waals surface area contributed by atoms with E-state index >= 15 is 0 Å². The van der Waals surface area contributed by atoms with Crippen LogP contribution >= 0.6 is 0 Å². The van der Waals surface area contributed by atoms with E-state index in [0.29, 0.717) is 24.8 Å². The highest BCUT2D eigenvalue weighted by molar-refractivity contribution is 5.94. The van der Waals surface area contributed by atoms with Gasteiger partial charge in [-0.1, -0.05) is 36.8 Å². The Hall–Kier alpha value is -2.86. The fourth-order valence-corrected chi connectivity index (χ4v) is 8.07. The van der Waals surface area contributed by atoms with E-state index in [-0.39, 0.29) is 41.7 Å². The molecule has 0 saturated heterocycles. The van der Waals surface area contributed by atoms with E-state index < -0.39 is 17.0 Å². The summed E-state index contributed by atoms with van der Waals surface area (Å²) in [5.41, 5.74) is 3.82. The summed E-state index contributed by atoms with van der Waals surface area (Å²) in [6.45, 7) is 4.98. The maximum absolute atomic E-state index is 13.7. The molecule has 0 heterocycles. The Morgan fingerprint density at radius 1 is 1.03 bits per heavy atom. The van der Waals surface area contributed by atoms with Gasteiger partial charge in [0.05, 0.1) is 0 Å². The number of rotatable bonds is 6. The summed E-state index contributed by atoms with van der Waals surface area (Å²) in [5.74, 6) is 0.0226. The standard InChI is InChI=1S/C31H36O6/c1-18(32)20-5-7-21(8-6-20)26-16-30(3)27(13-14-31(30,37-19(2)33)28(35)17-36-4)25-11-9-22-15-23(34)10-12-24(22)29(25)26/h5-8,15,25-27H,9-14,16-17H2,1-4H3/t25-,26+,27-,30-,31-/m0/s1. The van der Waals surface area contributed by atoms with Gasteiger partial charge in [0.1, 0.15) is 6.61 Å². The van der Waals surface area contributed by atoms with Crippen molar-refractivity contribution in [3.05, 3.63) is 58.2 Å². The number of benzene rings is 1. The Balaban J connectivity index is 1.68. The van der Waals surface area contributed by atoms with Crippen LogP contribution in [-0.2, 0) is 23.9 Å². The number of fused-ring (bicyclic) bond motifs is 4. The Morgan fingerprint density at radius 2 is 1.76 bits per heavy atom. The normalized spacial score (nSPS) is 32.7. The smallest absolute Gasteiger partial charge is 0.303 e. The van der Waals surface area contributed by atoms with Crippen LogP contribution in [0.15, 0.2) is 47.1 Å². The molecule has 5 rings (SSSR count). The second kappa shape index (κ2) is 9.46. The molecule has 0 bridgehead atoms. The number of esters is 1. The predicted octanol–water partition coefficient (Wildman–Crippen LogP) is 5.31. The van der Waals surface area contributed by atoms with Crippen LogP contribution in [0.2, 0.25) is 0 Å². The van der Waals surface area contributed by atoms with Crippen LogP contribution in [0, 0.1) is 17.3 Å². The number of methoxy groups -OCH3 is 1.